The molecule has 118 valence electrons. The van der Waals surface area contributed by atoms with E-state index in [2.05, 4.69) is 26.6 Å². The van der Waals surface area contributed by atoms with Crippen molar-refractivity contribution in [2.75, 3.05) is 26.8 Å². The van der Waals surface area contributed by atoms with Gasteiger partial charge in [0.15, 0.2) is 0 Å². The molecule has 1 saturated carbocycles. The van der Waals surface area contributed by atoms with Gasteiger partial charge in [-0.05, 0) is 18.9 Å². The van der Waals surface area contributed by atoms with Crippen molar-refractivity contribution in [1.82, 2.24) is 20.4 Å². The Hall–Kier alpha value is -1.40. The Morgan fingerprint density at radius 2 is 2.24 bits per heavy atom. The van der Waals surface area contributed by atoms with Crippen molar-refractivity contribution in [3.05, 3.63) is 18.0 Å². The first-order valence-corrected chi connectivity index (χ1v) is 7.80. The highest BCUT2D eigenvalue weighted by Crippen LogP contribution is 2.27. The van der Waals surface area contributed by atoms with Crippen LogP contribution in [0.2, 0.25) is 0 Å². The third-order valence-electron chi connectivity index (χ3n) is 3.83. The maximum atomic E-state index is 11.5. The summed E-state index contributed by atoms with van der Waals surface area (Å²) in [4.78, 5) is 11.5. The van der Waals surface area contributed by atoms with Gasteiger partial charge in [0.25, 0.3) is 0 Å². The summed E-state index contributed by atoms with van der Waals surface area (Å²) in [7, 11) is 1.62. The molecular formula is C15H26N4O2. The van der Waals surface area contributed by atoms with E-state index >= 15 is 0 Å². The number of hydrogen-bond acceptors (Lipinski definition) is 4. The van der Waals surface area contributed by atoms with Crippen LogP contribution in [-0.2, 0) is 16.1 Å². The van der Waals surface area contributed by atoms with Crippen LogP contribution in [-0.4, -0.2) is 42.5 Å². The summed E-state index contributed by atoms with van der Waals surface area (Å²) in [5.41, 5.74) is 0.991. The molecule has 0 atom stereocenters. The number of nitrogens with one attached hydrogen (secondary N) is 2. The van der Waals surface area contributed by atoms with Crippen LogP contribution in [0.4, 0.5) is 0 Å². The summed E-state index contributed by atoms with van der Waals surface area (Å²) in [5, 5.41) is 10.5. The van der Waals surface area contributed by atoms with Crippen molar-refractivity contribution in [2.24, 2.45) is 0 Å². The molecule has 0 unspecified atom stereocenters. The fourth-order valence-electron chi connectivity index (χ4n) is 2.68. The fraction of sp³-hybridized carbons (Fsp3) is 0.733. The molecule has 1 aliphatic rings. The molecule has 0 aromatic carbocycles. The highest BCUT2D eigenvalue weighted by Gasteiger charge is 2.15. The lowest BCUT2D eigenvalue weighted by Gasteiger charge is -2.21. The van der Waals surface area contributed by atoms with Crippen LogP contribution in [0.15, 0.2) is 12.3 Å². The number of ether oxygens (including phenoxy) is 1. The number of methoxy groups -OCH3 is 1. The summed E-state index contributed by atoms with van der Waals surface area (Å²) in [6.45, 7) is 2.02. The number of hydrogen-bond donors (Lipinski definition) is 2. The van der Waals surface area contributed by atoms with E-state index in [0.29, 0.717) is 32.3 Å². The zero-order valence-corrected chi connectivity index (χ0v) is 12.8. The topological polar surface area (TPSA) is 68.2 Å². The van der Waals surface area contributed by atoms with Crippen molar-refractivity contribution in [2.45, 2.75) is 44.7 Å². The lowest BCUT2D eigenvalue weighted by atomic mass is 9.96. The van der Waals surface area contributed by atoms with E-state index in [1.807, 2.05) is 6.07 Å². The molecule has 1 heterocycles. The second kappa shape index (κ2) is 8.79. The van der Waals surface area contributed by atoms with Crippen LogP contribution >= 0.6 is 0 Å². The molecule has 2 rings (SSSR count). The van der Waals surface area contributed by atoms with Crippen LogP contribution < -0.4 is 10.6 Å². The maximum Gasteiger partial charge on any atom is 0.234 e. The summed E-state index contributed by atoms with van der Waals surface area (Å²) in [5.74, 6) is -0.0150. The van der Waals surface area contributed by atoms with Crippen molar-refractivity contribution < 1.29 is 9.53 Å². The number of aromatic nitrogens is 2. The molecule has 6 heteroatoms. The zero-order chi connectivity index (χ0) is 14.9. The van der Waals surface area contributed by atoms with Gasteiger partial charge in [0.2, 0.25) is 5.91 Å². The van der Waals surface area contributed by atoms with Gasteiger partial charge in [-0.15, -0.1) is 0 Å². The maximum absolute atomic E-state index is 11.5. The average Bonchev–Trinajstić information content (AvgIpc) is 2.97. The Bertz CT molecular complexity index is 427. The molecule has 1 aromatic heterocycles. The second-order valence-electron chi connectivity index (χ2n) is 5.53. The Morgan fingerprint density at radius 3 is 3.00 bits per heavy atom. The Kier molecular flexibility index (Phi) is 6.69. The van der Waals surface area contributed by atoms with Gasteiger partial charge >= 0.3 is 0 Å². The van der Waals surface area contributed by atoms with Gasteiger partial charge < -0.3 is 15.4 Å². The van der Waals surface area contributed by atoms with Crippen LogP contribution in [0.1, 0.15) is 43.8 Å². The molecule has 0 spiro atoms. The first-order chi connectivity index (χ1) is 10.3. The van der Waals surface area contributed by atoms with E-state index in [0.717, 1.165) is 5.69 Å². The summed E-state index contributed by atoms with van der Waals surface area (Å²) in [6, 6.07) is 2.59. The number of amides is 1. The Morgan fingerprint density at radius 1 is 1.43 bits per heavy atom. The third-order valence-corrected chi connectivity index (χ3v) is 3.83. The molecule has 0 saturated heterocycles. The van der Waals surface area contributed by atoms with E-state index < -0.39 is 0 Å². The van der Waals surface area contributed by atoms with E-state index in [-0.39, 0.29) is 5.91 Å². The molecule has 1 amide bonds. The fourth-order valence-corrected chi connectivity index (χ4v) is 2.68. The van der Waals surface area contributed by atoms with Gasteiger partial charge in [0.05, 0.1) is 24.9 Å². The van der Waals surface area contributed by atoms with E-state index in [1.165, 1.54) is 32.1 Å². The van der Waals surface area contributed by atoms with Gasteiger partial charge in [-0.1, -0.05) is 19.3 Å². The molecule has 1 aromatic rings. The van der Waals surface area contributed by atoms with E-state index in [4.69, 9.17) is 4.74 Å². The molecule has 2 N–H and O–H groups in total. The molecule has 0 radical (unpaired) electrons. The Balaban J connectivity index is 1.66. The minimum atomic E-state index is -0.0150. The van der Waals surface area contributed by atoms with Crippen LogP contribution in [0.25, 0.3) is 0 Å². The average molecular weight is 294 g/mol. The summed E-state index contributed by atoms with van der Waals surface area (Å²) < 4.78 is 6.97. The predicted octanol–water partition coefficient (Wildman–Crippen LogP) is 1.24. The predicted molar refractivity (Wildman–Crippen MR) is 80.9 cm³/mol. The van der Waals surface area contributed by atoms with Gasteiger partial charge in [-0.25, -0.2) is 0 Å². The largest absolute Gasteiger partial charge is 0.383 e. The smallest absolute Gasteiger partial charge is 0.234 e. The normalized spacial score (nSPS) is 16.0. The highest BCUT2D eigenvalue weighted by molar-refractivity contribution is 5.77. The lowest BCUT2D eigenvalue weighted by molar-refractivity contribution is -0.120. The monoisotopic (exact) mass is 294 g/mol. The van der Waals surface area contributed by atoms with Crippen LogP contribution in [0.3, 0.4) is 0 Å². The van der Waals surface area contributed by atoms with Gasteiger partial charge in [0.1, 0.15) is 0 Å². The van der Waals surface area contributed by atoms with Crippen LogP contribution in [0, 0.1) is 0 Å². The molecule has 1 aliphatic carbocycles. The van der Waals surface area contributed by atoms with Crippen LogP contribution in [0.5, 0.6) is 0 Å². The summed E-state index contributed by atoms with van der Waals surface area (Å²) in [6.07, 6.45) is 8.49. The third kappa shape index (κ3) is 5.47. The molecule has 0 bridgehead atoms. The number of rotatable bonds is 8. The van der Waals surface area contributed by atoms with Gasteiger partial charge in [0, 0.05) is 26.4 Å². The summed E-state index contributed by atoms with van der Waals surface area (Å²) >= 11 is 0. The molecule has 1 fully saturated rings. The number of carbonyl (C=O) groups is 1. The van der Waals surface area contributed by atoms with Crippen molar-refractivity contribution in [3.63, 3.8) is 0 Å². The van der Waals surface area contributed by atoms with E-state index in [1.54, 1.807) is 7.11 Å². The van der Waals surface area contributed by atoms with E-state index in [9.17, 15) is 4.79 Å². The SMILES string of the molecule is COCCNC(=O)CNCc1ccn(C2CCCCC2)n1. The number of nitrogens with zero attached hydrogens (tertiary/aromatic N) is 2. The molecule has 21 heavy (non-hydrogen) atoms. The molecule has 6 nitrogen and oxygen atoms in total. The standard InChI is InChI=1S/C15H26N4O2/c1-21-10-8-17-15(20)12-16-11-13-7-9-19(18-13)14-5-3-2-4-6-14/h7,9,14,16H,2-6,8,10-12H2,1H3,(H,17,20). The lowest BCUT2D eigenvalue weighted by Crippen LogP contribution is -2.35. The first-order valence-electron chi connectivity index (χ1n) is 7.80. The zero-order valence-electron chi connectivity index (χ0n) is 12.8. The minimum absolute atomic E-state index is 0.0150. The van der Waals surface area contributed by atoms with Crippen molar-refractivity contribution >= 4 is 5.91 Å². The highest BCUT2D eigenvalue weighted by atomic mass is 16.5. The minimum Gasteiger partial charge on any atom is -0.383 e. The molecular weight excluding hydrogens is 268 g/mol. The van der Waals surface area contributed by atoms with Gasteiger partial charge in [-0.2, -0.15) is 5.10 Å². The first kappa shape index (κ1) is 16.0. The Labute approximate surface area is 126 Å². The van der Waals surface area contributed by atoms with Gasteiger partial charge in [-0.3, -0.25) is 9.48 Å². The quantitative estimate of drug-likeness (QED) is 0.708. The molecule has 0 aliphatic heterocycles. The number of carbonyl (C=O) groups excluding carboxylic acids is 1. The van der Waals surface area contributed by atoms with Crippen molar-refractivity contribution in [1.29, 1.82) is 0 Å². The van der Waals surface area contributed by atoms with Crippen molar-refractivity contribution in [3.8, 4) is 0 Å². The second-order valence-corrected chi connectivity index (χ2v) is 5.53.